The zero-order valence-corrected chi connectivity index (χ0v) is 14.6. The highest BCUT2D eigenvalue weighted by molar-refractivity contribution is 5.97. The van der Waals surface area contributed by atoms with Crippen LogP contribution in [0, 0.1) is 5.92 Å². The molecule has 2 atom stereocenters. The van der Waals surface area contributed by atoms with Gasteiger partial charge in [-0.3, -0.25) is 9.59 Å². The number of halogens is 1. The smallest absolute Gasteiger partial charge is 0.254 e. The van der Waals surface area contributed by atoms with E-state index in [4.69, 9.17) is 5.73 Å². The number of amides is 2. The molecule has 1 aliphatic rings. The zero-order valence-electron chi connectivity index (χ0n) is 13.7. The number of hydrogen-bond donors (Lipinski definition) is 2. The maximum atomic E-state index is 12.7. The summed E-state index contributed by atoms with van der Waals surface area (Å²) in [7, 11) is 0. The van der Waals surface area contributed by atoms with Crippen molar-refractivity contribution in [1.29, 1.82) is 0 Å². The fraction of sp³-hybridized carbons (Fsp3) is 0.529. The molecule has 1 aromatic rings. The Morgan fingerprint density at radius 1 is 1.39 bits per heavy atom. The lowest BCUT2D eigenvalue weighted by Crippen LogP contribution is -2.49. The number of piperidine rings is 1. The number of hydrogen-bond acceptors (Lipinski definition) is 3. The molecule has 1 fully saturated rings. The van der Waals surface area contributed by atoms with E-state index in [9.17, 15) is 9.59 Å². The molecule has 128 valence electrons. The lowest BCUT2D eigenvalue weighted by atomic mass is 9.92. The molecular formula is C17H26ClN3O2. The number of nitrogens with two attached hydrogens (primary N) is 1. The van der Waals surface area contributed by atoms with Crippen LogP contribution < -0.4 is 11.1 Å². The highest BCUT2D eigenvalue weighted by Crippen LogP contribution is 2.24. The van der Waals surface area contributed by atoms with Crippen LogP contribution in [0.4, 0.5) is 5.69 Å². The fourth-order valence-corrected chi connectivity index (χ4v) is 2.89. The molecule has 1 aromatic carbocycles. The Kier molecular flexibility index (Phi) is 7.52. The van der Waals surface area contributed by atoms with Crippen molar-refractivity contribution >= 4 is 29.9 Å². The third-order valence-corrected chi connectivity index (χ3v) is 4.23. The van der Waals surface area contributed by atoms with Crippen molar-refractivity contribution in [3.05, 3.63) is 29.8 Å². The van der Waals surface area contributed by atoms with Gasteiger partial charge in [0.05, 0.1) is 0 Å². The predicted octanol–water partition coefficient (Wildman–Crippen LogP) is 2.66. The zero-order chi connectivity index (χ0) is 16.1. The van der Waals surface area contributed by atoms with Crippen LogP contribution in [-0.4, -0.2) is 35.8 Å². The monoisotopic (exact) mass is 339 g/mol. The number of benzene rings is 1. The van der Waals surface area contributed by atoms with Gasteiger partial charge in [0.1, 0.15) is 0 Å². The molecule has 6 heteroatoms. The molecule has 2 amide bonds. The van der Waals surface area contributed by atoms with Gasteiger partial charge < -0.3 is 16.0 Å². The minimum atomic E-state index is -0.0590. The molecule has 1 aliphatic heterocycles. The van der Waals surface area contributed by atoms with Gasteiger partial charge >= 0.3 is 0 Å². The van der Waals surface area contributed by atoms with Gasteiger partial charge in [0.25, 0.3) is 5.91 Å². The second kappa shape index (κ2) is 8.89. The van der Waals surface area contributed by atoms with E-state index in [1.54, 1.807) is 31.2 Å². The summed E-state index contributed by atoms with van der Waals surface area (Å²) in [6.07, 6.45) is 2.38. The molecule has 0 radical (unpaired) electrons. The van der Waals surface area contributed by atoms with E-state index in [1.807, 2.05) is 4.90 Å². The number of nitrogens with one attached hydrogen (secondary N) is 1. The summed E-state index contributed by atoms with van der Waals surface area (Å²) in [5.74, 6) is 0.541. The minimum absolute atomic E-state index is 0. The summed E-state index contributed by atoms with van der Waals surface area (Å²) in [5, 5.41) is 2.79. The lowest BCUT2D eigenvalue weighted by molar-refractivity contribution is -0.115. The van der Waals surface area contributed by atoms with Crippen LogP contribution >= 0.6 is 12.4 Å². The molecule has 2 rings (SSSR count). The summed E-state index contributed by atoms with van der Waals surface area (Å²) in [6.45, 7) is 5.23. The van der Waals surface area contributed by atoms with Gasteiger partial charge in [0.15, 0.2) is 0 Å². The largest absolute Gasteiger partial charge is 0.334 e. The average molecular weight is 340 g/mol. The topological polar surface area (TPSA) is 75.4 Å². The van der Waals surface area contributed by atoms with Crippen molar-refractivity contribution < 1.29 is 9.59 Å². The third kappa shape index (κ3) is 4.94. The molecule has 0 bridgehead atoms. The SMILES string of the molecule is CCC(=O)Nc1cccc(C(=O)N2CCC(C)CC2CN)c1.Cl. The second-order valence-electron chi connectivity index (χ2n) is 6.00. The van der Waals surface area contributed by atoms with Crippen LogP contribution in [0.3, 0.4) is 0 Å². The number of nitrogens with zero attached hydrogens (tertiary/aromatic N) is 1. The van der Waals surface area contributed by atoms with Crippen LogP contribution in [0.2, 0.25) is 0 Å². The van der Waals surface area contributed by atoms with Gasteiger partial charge in [-0.05, 0) is 37.0 Å². The molecule has 5 nitrogen and oxygen atoms in total. The summed E-state index contributed by atoms with van der Waals surface area (Å²) in [6, 6.07) is 7.22. The van der Waals surface area contributed by atoms with Crippen molar-refractivity contribution in [2.24, 2.45) is 11.7 Å². The Bertz CT molecular complexity index is 550. The molecule has 2 unspecified atom stereocenters. The highest BCUT2D eigenvalue weighted by Gasteiger charge is 2.29. The minimum Gasteiger partial charge on any atom is -0.334 e. The van der Waals surface area contributed by atoms with E-state index in [-0.39, 0.29) is 30.3 Å². The van der Waals surface area contributed by atoms with Crippen LogP contribution in [0.15, 0.2) is 24.3 Å². The van der Waals surface area contributed by atoms with Crippen LogP contribution in [0.5, 0.6) is 0 Å². The van der Waals surface area contributed by atoms with Crippen molar-refractivity contribution in [1.82, 2.24) is 4.90 Å². The van der Waals surface area contributed by atoms with Gasteiger partial charge in [0, 0.05) is 36.8 Å². The second-order valence-corrected chi connectivity index (χ2v) is 6.00. The Balaban J connectivity index is 0.00000264. The molecule has 0 aromatic heterocycles. The van der Waals surface area contributed by atoms with E-state index in [2.05, 4.69) is 12.2 Å². The summed E-state index contributed by atoms with van der Waals surface area (Å²) >= 11 is 0. The van der Waals surface area contributed by atoms with Crippen molar-refractivity contribution in [3.8, 4) is 0 Å². The van der Waals surface area contributed by atoms with Gasteiger partial charge in [-0.25, -0.2) is 0 Å². The maximum Gasteiger partial charge on any atom is 0.254 e. The number of likely N-dealkylation sites (tertiary alicyclic amines) is 1. The van der Waals surface area contributed by atoms with Gasteiger partial charge in [-0.1, -0.05) is 19.9 Å². The quantitative estimate of drug-likeness (QED) is 0.885. The van der Waals surface area contributed by atoms with Crippen LogP contribution in [-0.2, 0) is 4.79 Å². The fourth-order valence-electron chi connectivity index (χ4n) is 2.89. The highest BCUT2D eigenvalue weighted by atomic mass is 35.5. The first-order valence-corrected chi connectivity index (χ1v) is 7.96. The maximum absolute atomic E-state index is 12.7. The number of rotatable bonds is 4. The first-order chi connectivity index (χ1) is 10.5. The first kappa shape index (κ1) is 19.5. The Hall–Kier alpha value is -1.59. The standard InChI is InChI=1S/C17H25N3O2.ClH/c1-3-16(21)19-14-6-4-5-13(10-14)17(22)20-8-7-12(2)9-15(20)11-18;/h4-6,10,12,15H,3,7-9,11,18H2,1-2H3,(H,19,21);1H. The summed E-state index contributed by atoms with van der Waals surface area (Å²) < 4.78 is 0. The van der Waals surface area contributed by atoms with Gasteiger partial charge in [-0.15, -0.1) is 12.4 Å². The normalized spacial score (nSPS) is 20.6. The van der Waals surface area contributed by atoms with E-state index in [0.29, 0.717) is 30.1 Å². The number of anilines is 1. The summed E-state index contributed by atoms with van der Waals surface area (Å²) in [4.78, 5) is 26.1. The van der Waals surface area contributed by atoms with Crippen LogP contribution in [0.25, 0.3) is 0 Å². The molecule has 1 saturated heterocycles. The van der Waals surface area contributed by atoms with E-state index >= 15 is 0 Å². The molecule has 1 heterocycles. The van der Waals surface area contributed by atoms with Gasteiger partial charge in [0.2, 0.25) is 5.91 Å². The van der Waals surface area contributed by atoms with Crippen molar-refractivity contribution in [2.75, 3.05) is 18.4 Å². The molecular weight excluding hydrogens is 314 g/mol. The van der Waals surface area contributed by atoms with E-state index < -0.39 is 0 Å². The molecule has 0 spiro atoms. The average Bonchev–Trinajstić information content (AvgIpc) is 2.54. The summed E-state index contributed by atoms with van der Waals surface area (Å²) in [5.41, 5.74) is 7.09. The van der Waals surface area contributed by atoms with Crippen molar-refractivity contribution in [3.63, 3.8) is 0 Å². The number of carbonyl (C=O) groups is 2. The van der Waals surface area contributed by atoms with Crippen molar-refractivity contribution in [2.45, 2.75) is 39.2 Å². The predicted molar refractivity (Wildman–Crippen MR) is 94.9 cm³/mol. The van der Waals surface area contributed by atoms with Gasteiger partial charge in [-0.2, -0.15) is 0 Å². The van der Waals surface area contributed by atoms with E-state index in [0.717, 1.165) is 19.4 Å². The Labute approximate surface area is 144 Å². The molecule has 3 N–H and O–H groups in total. The first-order valence-electron chi connectivity index (χ1n) is 7.96. The molecule has 23 heavy (non-hydrogen) atoms. The number of carbonyl (C=O) groups excluding carboxylic acids is 2. The molecule has 0 aliphatic carbocycles. The Morgan fingerprint density at radius 3 is 2.78 bits per heavy atom. The van der Waals surface area contributed by atoms with Crippen LogP contribution in [0.1, 0.15) is 43.5 Å². The third-order valence-electron chi connectivity index (χ3n) is 4.23. The Morgan fingerprint density at radius 2 is 2.13 bits per heavy atom. The molecule has 0 saturated carbocycles. The lowest BCUT2D eigenvalue weighted by Gasteiger charge is -2.38. The van der Waals surface area contributed by atoms with E-state index in [1.165, 1.54) is 0 Å².